The van der Waals surface area contributed by atoms with E-state index in [0.29, 0.717) is 0 Å². The average Bonchev–Trinajstić information content (AvgIpc) is 2.70. The van der Waals surface area contributed by atoms with E-state index in [4.69, 9.17) is 5.26 Å². The number of alkyl halides is 3. The minimum absolute atomic E-state index is 0.117. The number of halogens is 3. The van der Waals surface area contributed by atoms with Gasteiger partial charge >= 0.3 is 6.18 Å². The number of hydrogen-bond donors (Lipinski definition) is 2. The molecule has 0 fully saturated rings. The predicted octanol–water partition coefficient (Wildman–Crippen LogP) is 1.04. The lowest BCUT2D eigenvalue weighted by Gasteiger charge is -2.30. The minimum atomic E-state index is -5.18. The van der Waals surface area contributed by atoms with Gasteiger partial charge in [-0.2, -0.15) is 18.4 Å². The van der Waals surface area contributed by atoms with Crippen LogP contribution in [0.25, 0.3) is 0 Å². The number of rotatable bonds is 2. The van der Waals surface area contributed by atoms with Crippen molar-refractivity contribution in [1.82, 2.24) is 15.6 Å². The van der Waals surface area contributed by atoms with Gasteiger partial charge < -0.3 is 10.6 Å². The molecule has 0 saturated heterocycles. The predicted molar refractivity (Wildman–Crippen MR) is 66.9 cm³/mol. The highest BCUT2D eigenvalue weighted by Gasteiger charge is 2.67. The average molecular weight is 310 g/mol. The van der Waals surface area contributed by atoms with Crippen LogP contribution < -0.4 is 10.6 Å². The molecule has 0 bridgehead atoms. The Kier molecular flexibility index (Phi) is 3.62. The topological polar surface area (TPSA) is 94.9 Å². The standard InChI is InChI=1S/C13H9F3N4O2/c1-7-9(6-17)12(11(22)19-7,13(14,15)16)20-10(21)8-2-4-18-5-3-8/h2-5H,1H3,(H,19,22)(H,20,21)/t12-/m1/s1. The van der Waals surface area contributed by atoms with E-state index in [9.17, 15) is 22.8 Å². The molecule has 0 unspecified atom stereocenters. The third-order valence-corrected chi connectivity index (χ3v) is 3.17. The second kappa shape index (κ2) is 5.14. The van der Waals surface area contributed by atoms with Gasteiger partial charge in [0.25, 0.3) is 17.4 Å². The lowest BCUT2D eigenvalue weighted by molar-refractivity contribution is -0.184. The minimum Gasteiger partial charge on any atom is -0.326 e. The lowest BCUT2D eigenvalue weighted by Crippen LogP contribution is -2.64. The third kappa shape index (κ3) is 2.18. The van der Waals surface area contributed by atoms with Crippen molar-refractivity contribution in [2.45, 2.75) is 18.6 Å². The molecule has 1 aromatic heterocycles. The molecule has 0 spiro atoms. The summed E-state index contributed by atoms with van der Waals surface area (Å²) in [6.45, 7) is 1.16. The van der Waals surface area contributed by atoms with Crippen LogP contribution in [0.1, 0.15) is 17.3 Å². The Bertz CT molecular complexity index is 706. The second-order valence-electron chi connectivity index (χ2n) is 4.50. The summed E-state index contributed by atoms with van der Waals surface area (Å²) in [5, 5.41) is 12.6. The molecule has 1 aromatic rings. The highest BCUT2D eigenvalue weighted by atomic mass is 19.4. The van der Waals surface area contributed by atoms with Crippen LogP contribution in [0.3, 0.4) is 0 Å². The van der Waals surface area contributed by atoms with Crippen LogP contribution in [0.2, 0.25) is 0 Å². The Morgan fingerprint density at radius 1 is 1.41 bits per heavy atom. The quantitative estimate of drug-likeness (QED) is 0.853. The first-order valence-corrected chi connectivity index (χ1v) is 5.96. The first kappa shape index (κ1) is 15.5. The number of carbonyl (C=O) groups is 2. The summed E-state index contributed by atoms with van der Waals surface area (Å²) in [5.74, 6) is -2.66. The van der Waals surface area contributed by atoms with E-state index in [0.717, 1.165) is 6.92 Å². The van der Waals surface area contributed by atoms with Crippen LogP contribution in [0, 0.1) is 11.3 Å². The smallest absolute Gasteiger partial charge is 0.326 e. The molecule has 2 N–H and O–H groups in total. The molecule has 1 atom stereocenters. The summed E-state index contributed by atoms with van der Waals surface area (Å²) in [4.78, 5) is 27.5. The van der Waals surface area contributed by atoms with Gasteiger partial charge in [-0.05, 0) is 19.1 Å². The van der Waals surface area contributed by atoms with E-state index >= 15 is 0 Å². The van der Waals surface area contributed by atoms with Gasteiger partial charge in [0.2, 0.25) is 0 Å². The maximum atomic E-state index is 13.5. The summed E-state index contributed by atoms with van der Waals surface area (Å²) < 4.78 is 40.4. The highest BCUT2D eigenvalue weighted by molar-refractivity contribution is 6.04. The van der Waals surface area contributed by atoms with Crippen molar-refractivity contribution in [1.29, 1.82) is 5.26 Å². The van der Waals surface area contributed by atoms with Gasteiger partial charge in [0.05, 0.1) is 11.6 Å². The molecule has 0 aliphatic carbocycles. The van der Waals surface area contributed by atoms with Crippen molar-refractivity contribution in [2.75, 3.05) is 0 Å². The van der Waals surface area contributed by atoms with Crippen molar-refractivity contribution >= 4 is 11.8 Å². The van der Waals surface area contributed by atoms with E-state index in [1.165, 1.54) is 30.6 Å². The molecule has 0 aromatic carbocycles. The molecule has 9 heteroatoms. The number of allylic oxidation sites excluding steroid dienone is 1. The van der Waals surface area contributed by atoms with Crippen molar-refractivity contribution in [2.24, 2.45) is 0 Å². The van der Waals surface area contributed by atoms with Crippen molar-refractivity contribution in [3.63, 3.8) is 0 Å². The normalized spacial score (nSPS) is 21.3. The van der Waals surface area contributed by atoms with E-state index in [1.54, 1.807) is 5.32 Å². The largest absolute Gasteiger partial charge is 0.425 e. The number of carbonyl (C=O) groups excluding carboxylic acids is 2. The van der Waals surface area contributed by atoms with Gasteiger partial charge in [0.1, 0.15) is 0 Å². The molecule has 114 valence electrons. The van der Waals surface area contributed by atoms with Crippen LogP contribution in [0.15, 0.2) is 35.8 Å². The molecule has 2 heterocycles. The summed E-state index contributed by atoms with van der Waals surface area (Å²) in [6, 6.07) is 3.73. The van der Waals surface area contributed by atoms with Crippen LogP contribution in [0.4, 0.5) is 13.2 Å². The Balaban J connectivity index is 2.52. The van der Waals surface area contributed by atoms with Crippen LogP contribution in [-0.2, 0) is 4.79 Å². The van der Waals surface area contributed by atoms with Gasteiger partial charge in [-0.3, -0.25) is 14.6 Å². The Morgan fingerprint density at radius 3 is 2.50 bits per heavy atom. The summed E-state index contributed by atoms with van der Waals surface area (Å²) in [7, 11) is 0. The van der Waals surface area contributed by atoms with Crippen LogP contribution in [0.5, 0.6) is 0 Å². The zero-order chi connectivity index (χ0) is 16.5. The first-order chi connectivity index (χ1) is 10.2. The molecular weight excluding hydrogens is 301 g/mol. The number of amides is 2. The zero-order valence-electron chi connectivity index (χ0n) is 11.2. The number of nitriles is 1. The van der Waals surface area contributed by atoms with E-state index in [1.807, 2.05) is 5.32 Å². The van der Waals surface area contributed by atoms with E-state index in [2.05, 4.69) is 4.98 Å². The molecule has 2 rings (SSSR count). The monoisotopic (exact) mass is 310 g/mol. The fourth-order valence-corrected chi connectivity index (χ4v) is 2.10. The van der Waals surface area contributed by atoms with Crippen LogP contribution >= 0.6 is 0 Å². The fraction of sp³-hybridized carbons (Fsp3) is 0.231. The number of nitrogens with one attached hydrogen (secondary N) is 2. The summed E-state index contributed by atoms with van der Waals surface area (Å²) in [6.07, 6.45) is -2.74. The van der Waals surface area contributed by atoms with Gasteiger partial charge in [0.15, 0.2) is 0 Å². The van der Waals surface area contributed by atoms with Crippen molar-refractivity contribution in [3.05, 3.63) is 41.4 Å². The molecule has 1 aliphatic heterocycles. The molecule has 6 nitrogen and oxygen atoms in total. The molecule has 22 heavy (non-hydrogen) atoms. The second-order valence-corrected chi connectivity index (χ2v) is 4.50. The SMILES string of the molecule is CC1=C(C#N)[C@](NC(=O)c2ccncc2)(C(F)(F)F)C(=O)N1. The van der Waals surface area contributed by atoms with Crippen molar-refractivity contribution < 1.29 is 22.8 Å². The molecule has 2 amide bonds. The number of nitrogens with zero attached hydrogens (tertiary/aromatic N) is 2. The van der Waals surface area contributed by atoms with Gasteiger partial charge in [-0.25, -0.2) is 0 Å². The maximum absolute atomic E-state index is 13.5. The maximum Gasteiger partial charge on any atom is 0.425 e. The lowest BCUT2D eigenvalue weighted by atomic mass is 9.90. The van der Waals surface area contributed by atoms with E-state index < -0.39 is 29.1 Å². The molecule has 0 saturated carbocycles. The Labute approximate surface area is 122 Å². The van der Waals surface area contributed by atoms with E-state index in [-0.39, 0.29) is 11.3 Å². The van der Waals surface area contributed by atoms with Gasteiger partial charge in [-0.15, -0.1) is 0 Å². The molecule has 1 aliphatic rings. The molecule has 0 radical (unpaired) electrons. The number of aromatic nitrogens is 1. The fourth-order valence-electron chi connectivity index (χ4n) is 2.10. The molecular formula is C13H9F3N4O2. The Morgan fingerprint density at radius 2 is 2.00 bits per heavy atom. The Hall–Kier alpha value is -2.89. The number of pyridine rings is 1. The van der Waals surface area contributed by atoms with Gasteiger partial charge in [-0.1, -0.05) is 0 Å². The highest BCUT2D eigenvalue weighted by Crippen LogP contribution is 2.40. The number of hydrogen-bond acceptors (Lipinski definition) is 4. The summed E-state index contributed by atoms with van der Waals surface area (Å²) in [5.41, 5.74) is -4.65. The van der Waals surface area contributed by atoms with Crippen molar-refractivity contribution in [3.8, 4) is 6.07 Å². The third-order valence-electron chi connectivity index (χ3n) is 3.17. The first-order valence-electron chi connectivity index (χ1n) is 5.96. The van der Waals surface area contributed by atoms with Crippen LogP contribution in [-0.4, -0.2) is 28.5 Å². The zero-order valence-corrected chi connectivity index (χ0v) is 11.2. The van der Waals surface area contributed by atoms with Gasteiger partial charge in [0, 0.05) is 23.7 Å². The summed E-state index contributed by atoms with van der Waals surface area (Å²) >= 11 is 0.